The summed E-state index contributed by atoms with van der Waals surface area (Å²) < 4.78 is 0. The van der Waals surface area contributed by atoms with Crippen LogP contribution < -0.4 is 5.84 Å². The van der Waals surface area contributed by atoms with E-state index in [1.807, 2.05) is 0 Å². The van der Waals surface area contributed by atoms with Gasteiger partial charge < -0.3 is 16.0 Å². The molecule has 0 saturated carbocycles. The summed E-state index contributed by atoms with van der Waals surface area (Å²) >= 11 is 0. The Balaban J connectivity index is 2.98. The van der Waals surface area contributed by atoms with Gasteiger partial charge in [-0.25, -0.2) is 0 Å². The minimum atomic E-state index is -0.719. The van der Waals surface area contributed by atoms with Gasteiger partial charge in [-0.2, -0.15) is 0 Å². The Morgan fingerprint density at radius 3 is 2.78 bits per heavy atom. The van der Waals surface area contributed by atoms with Crippen LogP contribution >= 0.6 is 0 Å². The van der Waals surface area contributed by atoms with Crippen LogP contribution in [0.1, 0.15) is 0 Å². The molecule has 7 heteroatoms. The Morgan fingerprint density at radius 2 is 2.56 bits per heavy atom. The average Bonchev–Trinajstić information content (AvgIpc) is 2.14. The fourth-order valence-corrected chi connectivity index (χ4v) is 0.349. The van der Waals surface area contributed by atoms with Crippen LogP contribution in [0.25, 0.3) is 0 Å². The van der Waals surface area contributed by atoms with Crippen LogP contribution in [-0.2, 0) is 0 Å². The average molecular weight is 129 g/mol. The maximum absolute atomic E-state index is 9.83. The summed E-state index contributed by atoms with van der Waals surface area (Å²) in [7, 11) is 0. The molecule has 0 fully saturated rings. The Labute approximate surface area is 49.2 Å². The van der Waals surface area contributed by atoms with Crippen molar-refractivity contribution in [1.82, 2.24) is 14.9 Å². The molecule has 0 aliphatic heterocycles. The van der Waals surface area contributed by atoms with E-state index in [0.29, 0.717) is 0 Å². The van der Waals surface area contributed by atoms with Crippen molar-refractivity contribution in [3.05, 3.63) is 16.4 Å². The van der Waals surface area contributed by atoms with E-state index in [4.69, 9.17) is 5.84 Å². The molecule has 0 unspecified atom stereocenters. The second-order valence-electron chi connectivity index (χ2n) is 1.28. The predicted molar refractivity (Wildman–Crippen MR) is 26.8 cm³/mol. The van der Waals surface area contributed by atoms with Gasteiger partial charge in [0.15, 0.2) is 0 Å². The van der Waals surface area contributed by atoms with Crippen LogP contribution in [-0.4, -0.2) is 19.8 Å². The Kier molecular flexibility index (Phi) is 1.03. The van der Waals surface area contributed by atoms with Crippen molar-refractivity contribution >= 4 is 5.95 Å². The first-order valence-electron chi connectivity index (χ1n) is 2.01. The standard InChI is InChI=1S/C2H3N5O2/c3-6-1-4-2(5-6)7(8)9/h1H,3H2. The van der Waals surface area contributed by atoms with Gasteiger partial charge in [-0.3, -0.25) is 0 Å². The molecule has 0 aliphatic rings. The summed E-state index contributed by atoms with van der Waals surface area (Å²) in [5.74, 6) is 4.47. The fourth-order valence-electron chi connectivity index (χ4n) is 0.349. The van der Waals surface area contributed by atoms with Gasteiger partial charge >= 0.3 is 5.95 Å². The maximum Gasteiger partial charge on any atom is 0.492 e. The van der Waals surface area contributed by atoms with E-state index in [0.717, 1.165) is 11.1 Å². The molecule has 48 valence electrons. The lowest BCUT2D eigenvalue weighted by Gasteiger charge is -1.81. The third-order valence-electron chi connectivity index (χ3n) is 0.660. The molecule has 1 aromatic rings. The largest absolute Gasteiger partial charge is 0.492 e. The van der Waals surface area contributed by atoms with Crippen molar-refractivity contribution in [3.8, 4) is 0 Å². The van der Waals surface area contributed by atoms with Crippen molar-refractivity contribution in [2.45, 2.75) is 0 Å². The van der Waals surface area contributed by atoms with Crippen molar-refractivity contribution in [3.63, 3.8) is 0 Å². The summed E-state index contributed by atoms with van der Waals surface area (Å²) in [5, 5.41) is 13.0. The molecule has 0 aliphatic carbocycles. The first-order valence-corrected chi connectivity index (χ1v) is 2.01. The van der Waals surface area contributed by atoms with E-state index < -0.39 is 10.9 Å². The van der Waals surface area contributed by atoms with Gasteiger partial charge in [0, 0.05) is 0 Å². The molecule has 1 aromatic heterocycles. The number of hydrogen-bond acceptors (Lipinski definition) is 5. The molecule has 0 bridgehead atoms. The summed E-state index contributed by atoms with van der Waals surface area (Å²) in [4.78, 5) is 13.1. The highest BCUT2D eigenvalue weighted by molar-refractivity contribution is 4.96. The number of rotatable bonds is 1. The third-order valence-corrected chi connectivity index (χ3v) is 0.660. The van der Waals surface area contributed by atoms with Crippen LogP contribution in [0, 0.1) is 10.1 Å². The molecular formula is C2H3N5O2. The number of hydrogen-bond donors (Lipinski definition) is 1. The van der Waals surface area contributed by atoms with E-state index in [1.165, 1.54) is 0 Å². The smallest absolute Gasteiger partial charge is 0.390 e. The lowest BCUT2D eigenvalue weighted by molar-refractivity contribution is -0.394. The topological polar surface area (TPSA) is 99.9 Å². The molecule has 0 atom stereocenters. The monoisotopic (exact) mass is 129 g/mol. The van der Waals surface area contributed by atoms with Crippen molar-refractivity contribution in [1.29, 1.82) is 0 Å². The summed E-state index contributed by atoms with van der Waals surface area (Å²) in [6.07, 6.45) is 1.05. The zero-order valence-corrected chi connectivity index (χ0v) is 4.26. The highest BCUT2D eigenvalue weighted by Gasteiger charge is 2.09. The number of nitrogens with two attached hydrogens (primary N) is 1. The number of nitrogen functional groups attached to an aromatic ring is 1. The van der Waals surface area contributed by atoms with Gasteiger partial charge in [0.1, 0.15) is 0 Å². The Hall–Kier alpha value is -1.66. The fraction of sp³-hybridized carbons (Fsp3) is 0. The molecule has 1 heterocycles. The molecule has 1 rings (SSSR count). The lowest BCUT2D eigenvalue weighted by atomic mass is 11.1. The van der Waals surface area contributed by atoms with Gasteiger partial charge in [-0.1, -0.05) is 4.79 Å². The summed E-state index contributed by atoms with van der Waals surface area (Å²) in [6.45, 7) is 0. The normalized spacial score (nSPS) is 9.33. The molecule has 9 heavy (non-hydrogen) atoms. The molecule has 7 nitrogen and oxygen atoms in total. The summed E-state index contributed by atoms with van der Waals surface area (Å²) in [6, 6.07) is 0. The van der Waals surface area contributed by atoms with Gasteiger partial charge in [0.05, 0.1) is 5.10 Å². The van der Waals surface area contributed by atoms with E-state index in [9.17, 15) is 10.1 Å². The van der Waals surface area contributed by atoms with E-state index in [1.54, 1.807) is 0 Å². The molecule has 0 amide bonds. The van der Waals surface area contributed by atoms with Gasteiger partial charge in [-0.05, 0) is 9.91 Å². The Bertz CT molecular complexity index is 229. The van der Waals surface area contributed by atoms with E-state index in [-0.39, 0.29) is 0 Å². The molecule has 0 saturated heterocycles. The maximum atomic E-state index is 9.83. The lowest BCUT2D eigenvalue weighted by Crippen LogP contribution is -2.08. The van der Waals surface area contributed by atoms with E-state index >= 15 is 0 Å². The first kappa shape index (κ1) is 5.48. The highest BCUT2D eigenvalue weighted by Crippen LogP contribution is 1.95. The van der Waals surface area contributed by atoms with Crippen molar-refractivity contribution < 1.29 is 4.92 Å². The second kappa shape index (κ2) is 1.69. The quantitative estimate of drug-likeness (QED) is 0.294. The molecule has 0 radical (unpaired) electrons. The highest BCUT2D eigenvalue weighted by atomic mass is 16.6. The van der Waals surface area contributed by atoms with Crippen molar-refractivity contribution in [2.75, 3.05) is 5.84 Å². The SMILES string of the molecule is Nn1cnc([N+](=O)[O-])n1. The second-order valence-corrected chi connectivity index (χ2v) is 1.28. The van der Waals surface area contributed by atoms with Crippen LogP contribution in [0.4, 0.5) is 5.95 Å². The number of nitro groups is 1. The van der Waals surface area contributed by atoms with E-state index in [2.05, 4.69) is 10.1 Å². The number of aromatic nitrogens is 3. The predicted octanol–water partition coefficient (Wildman–Crippen LogP) is -1.10. The van der Waals surface area contributed by atoms with Crippen LogP contribution in [0.15, 0.2) is 6.33 Å². The minimum Gasteiger partial charge on any atom is -0.390 e. The minimum absolute atomic E-state index is 0.488. The zero-order chi connectivity index (χ0) is 6.85. The zero-order valence-electron chi connectivity index (χ0n) is 4.26. The molecule has 0 aromatic carbocycles. The molecule has 2 N–H and O–H groups in total. The van der Waals surface area contributed by atoms with Gasteiger partial charge in [-0.15, -0.1) is 0 Å². The van der Waals surface area contributed by atoms with Crippen LogP contribution in [0.3, 0.4) is 0 Å². The summed E-state index contributed by atoms with van der Waals surface area (Å²) in [5.41, 5.74) is 0. The van der Waals surface area contributed by atoms with Crippen LogP contribution in [0.2, 0.25) is 0 Å². The first-order chi connectivity index (χ1) is 4.20. The van der Waals surface area contributed by atoms with Gasteiger partial charge in [0.2, 0.25) is 6.33 Å². The van der Waals surface area contributed by atoms with Crippen LogP contribution in [0.5, 0.6) is 0 Å². The van der Waals surface area contributed by atoms with Crippen molar-refractivity contribution in [2.24, 2.45) is 0 Å². The Morgan fingerprint density at radius 1 is 1.89 bits per heavy atom. The molecular weight excluding hydrogens is 126 g/mol. The van der Waals surface area contributed by atoms with Gasteiger partial charge in [0.25, 0.3) is 0 Å². The molecule has 0 spiro atoms. The number of nitrogens with zero attached hydrogens (tertiary/aromatic N) is 4. The third kappa shape index (κ3) is 0.929.